The minimum absolute atomic E-state index is 0.0794. The fraction of sp³-hybridized carbons (Fsp3) is 0.500. The summed E-state index contributed by atoms with van der Waals surface area (Å²) < 4.78 is 22.3. The van der Waals surface area contributed by atoms with Gasteiger partial charge in [0.2, 0.25) is 0 Å². The fourth-order valence-corrected chi connectivity index (χ4v) is 3.00. The Morgan fingerprint density at radius 2 is 2.14 bits per heavy atom. The van der Waals surface area contributed by atoms with E-state index in [1.807, 2.05) is 32.2 Å². The zero-order valence-electron chi connectivity index (χ0n) is 12.4. The summed E-state index contributed by atoms with van der Waals surface area (Å²) in [5, 5.41) is 0.673. The van der Waals surface area contributed by atoms with Gasteiger partial charge in [0.15, 0.2) is 0 Å². The monoisotopic (exact) mass is 329 g/mol. The van der Waals surface area contributed by atoms with Gasteiger partial charge in [0.25, 0.3) is 0 Å². The highest BCUT2D eigenvalue weighted by molar-refractivity contribution is 7.90. The molecule has 0 aliphatic carbocycles. The molecular formula is C14H20ClN3O2S. The lowest BCUT2D eigenvalue weighted by molar-refractivity contribution is 0.254. The molecule has 0 aliphatic heterocycles. The van der Waals surface area contributed by atoms with Gasteiger partial charge in [-0.3, -0.25) is 4.90 Å². The van der Waals surface area contributed by atoms with E-state index in [0.29, 0.717) is 18.0 Å². The number of sulfone groups is 1. The number of H-pyrrole nitrogens is 1. The molecule has 1 heterocycles. The molecule has 0 aliphatic rings. The number of benzene rings is 1. The molecule has 1 N–H and O–H groups in total. The number of halogens is 1. The van der Waals surface area contributed by atoms with Crippen molar-refractivity contribution >= 4 is 32.5 Å². The summed E-state index contributed by atoms with van der Waals surface area (Å²) >= 11 is 5.97. The van der Waals surface area contributed by atoms with Gasteiger partial charge in [-0.15, -0.1) is 0 Å². The van der Waals surface area contributed by atoms with Crippen LogP contribution in [-0.2, 0) is 9.84 Å². The summed E-state index contributed by atoms with van der Waals surface area (Å²) in [5.74, 6) is 1.06. The molecule has 0 amide bonds. The van der Waals surface area contributed by atoms with Gasteiger partial charge >= 0.3 is 0 Å². The topological polar surface area (TPSA) is 66.1 Å². The quantitative estimate of drug-likeness (QED) is 0.884. The fourth-order valence-electron chi connectivity index (χ4n) is 2.18. The van der Waals surface area contributed by atoms with Crippen LogP contribution in [0.2, 0.25) is 5.02 Å². The van der Waals surface area contributed by atoms with Crippen LogP contribution in [0.1, 0.15) is 25.2 Å². The van der Waals surface area contributed by atoms with Gasteiger partial charge in [-0.1, -0.05) is 11.6 Å². The standard InChI is InChI=1S/C14H20ClN3O2S/c1-10(18(2)7-4-8-21(3,19)20)14-16-12-6-5-11(15)9-13(12)17-14/h5-6,9-10H,4,7-8H2,1-3H3,(H,16,17)/t10-/m0/s1. The van der Waals surface area contributed by atoms with Crippen LogP contribution in [0.3, 0.4) is 0 Å². The van der Waals surface area contributed by atoms with Crippen LogP contribution >= 0.6 is 11.6 Å². The minimum atomic E-state index is -2.90. The summed E-state index contributed by atoms with van der Waals surface area (Å²) in [4.78, 5) is 9.91. The maximum absolute atomic E-state index is 11.2. The minimum Gasteiger partial charge on any atom is -0.341 e. The van der Waals surface area contributed by atoms with E-state index in [1.54, 1.807) is 0 Å². The summed E-state index contributed by atoms with van der Waals surface area (Å²) in [7, 11) is -0.935. The SMILES string of the molecule is C[C@@H](c1nc2ccc(Cl)cc2[nH]1)N(C)CCCS(C)(=O)=O. The van der Waals surface area contributed by atoms with Crippen LogP contribution in [-0.4, -0.2) is 48.9 Å². The first-order chi connectivity index (χ1) is 9.76. The van der Waals surface area contributed by atoms with E-state index in [4.69, 9.17) is 11.6 Å². The van der Waals surface area contributed by atoms with Gasteiger partial charge in [0, 0.05) is 11.3 Å². The number of hydrogen-bond donors (Lipinski definition) is 1. The molecule has 0 fully saturated rings. The van der Waals surface area contributed by atoms with Crippen molar-refractivity contribution in [3.05, 3.63) is 29.0 Å². The Hall–Kier alpha value is -1.11. The average molecular weight is 330 g/mol. The molecule has 2 aromatic rings. The Morgan fingerprint density at radius 1 is 1.43 bits per heavy atom. The van der Waals surface area contributed by atoms with Crippen LogP contribution in [0.5, 0.6) is 0 Å². The van der Waals surface area contributed by atoms with Gasteiger partial charge in [0.05, 0.1) is 22.8 Å². The first kappa shape index (κ1) is 16.3. The molecule has 5 nitrogen and oxygen atoms in total. The molecule has 7 heteroatoms. The second-order valence-corrected chi connectivity index (χ2v) is 8.12. The van der Waals surface area contributed by atoms with Crippen molar-refractivity contribution in [3.63, 3.8) is 0 Å². The molecule has 0 saturated carbocycles. The zero-order chi connectivity index (χ0) is 15.6. The van der Waals surface area contributed by atoms with E-state index < -0.39 is 9.84 Å². The normalized spacial score (nSPS) is 14.0. The maximum Gasteiger partial charge on any atom is 0.147 e. The molecule has 1 aromatic heterocycles. The Bertz CT molecular complexity index is 727. The van der Waals surface area contributed by atoms with Crippen LogP contribution in [0.4, 0.5) is 0 Å². The van der Waals surface area contributed by atoms with E-state index in [-0.39, 0.29) is 11.8 Å². The summed E-state index contributed by atoms with van der Waals surface area (Å²) in [5.41, 5.74) is 1.79. The molecule has 0 unspecified atom stereocenters. The molecule has 21 heavy (non-hydrogen) atoms. The summed E-state index contributed by atoms with van der Waals surface area (Å²) in [6.45, 7) is 2.74. The highest BCUT2D eigenvalue weighted by atomic mass is 35.5. The molecule has 1 atom stereocenters. The highest BCUT2D eigenvalue weighted by Gasteiger charge is 2.16. The van der Waals surface area contributed by atoms with Crippen molar-refractivity contribution in [1.29, 1.82) is 0 Å². The maximum atomic E-state index is 11.2. The second-order valence-electron chi connectivity index (χ2n) is 5.42. The van der Waals surface area contributed by atoms with E-state index in [1.165, 1.54) is 6.26 Å². The molecule has 2 rings (SSSR count). The third-order valence-electron chi connectivity index (χ3n) is 3.55. The number of imidazole rings is 1. The Morgan fingerprint density at radius 3 is 2.81 bits per heavy atom. The van der Waals surface area contributed by atoms with Crippen molar-refractivity contribution in [2.75, 3.05) is 25.6 Å². The van der Waals surface area contributed by atoms with Crippen LogP contribution in [0.15, 0.2) is 18.2 Å². The van der Waals surface area contributed by atoms with Gasteiger partial charge in [0.1, 0.15) is 15.7 Å². The van der Waals surface area contributed by atoms with Crippen molar-refractivity contribution in [3.8, 4) is 0 Å². The van der Waals surface area contributed by atoms with E-state index >= 15 is 0 Å². The summed E-state index contributed by atoms with van der Waals surface area (Å²) in [6.07, 6.45) is 1.88. The Balaban J connectivity index is 2.05. The zero-order valence-corrected chi connectivity index (χ0v) is 14.0. The molecular weight excluding hydrogens is 310 g/mol. The predicted molar refractivity (Wildman–Crippen MR) is 86.5 cm³/mol. The molecule has 0 radical (unpaired) electrons. The number of fused-ring (bicyclic) bond motifs is 1. The Labute approximate surface area is 130 Å². The number of nitrogens with zero attached hydrogens (tertiary/aromatic N) is 2. The smallest absolute Gasteiger partial charge is 0.147 e. The highest BCUT2D eigenvalue weighted by Crippen LogP contribution is 2.22. The molecule has 0 bridgehead atoms. The van der Waals surface area contributed by atoms with Crippen molar-refractivity contribution in [2.24, 2.45) is 0 Å². The lowest BCUT2D eigenvalue weighted by atomic mass is 10.2. The number of nitrogens with one attached hydrogen (secondary N) is 1. The largest absolute Gasteiger partial charge is 0.341 e. The first-order valence-electron chi connectivity index (χ1n) is 6.79. The third-order valence-corrected chi connectivity index (χ3v) is 4.81. The third kappa shape index (κ3) is 4.43. The molecule has 1 aromatic carbocycles. The number of rotatable bonds is 6. The van der Waals surface area contributed by atoms with Gasteiger partial charge in [-0.2, -0.15) is 0 Å². The van der Waals surface area contributed by atoms with Gasteiger partial charge < -0.3 is 4.98 Å². The predicted octanol–water partition coefficient (Wildman–Crippen LogP) is 2.64. The molecule has 116 valence electrons. The average Bonchev–Trinajstić information content (AvgIpc) is 2.78. The van der Waals surface area contributed by atoms with Crippen molar-refractivity contribution < 1.29 is 8.42 Å². The van der Waals surface area contributed by atoms with E-state index in [0.717, 1.165) is 16.9 Å². The number of aromatic nitrogens is 2. The van der Waals surface area contributed by atoms with Gasteiger partial charge in [-0.25, -0.2) is 13.4 Å². The van der Waals surface area contributed by atoms with E-state index in [9.17, 15) is 8.42 Å². The van der Waals surface area contributed by atoms with Gasteiger partial charge in [-0.05, 0) is 45.1 Å². The van der Waals surface area contributed by atoms with Crippen LogP contribution in [0, 0.1) is 0 Å². The first-order valence-corrected chi connectivity index (χ1v) is 9.23. The molecule has 0 spiro atoms. The van der Waals surface area contributed by atoms with Crippen LogP contribution in [0.25, 0.3) is 11.0 Å². The second kappa shape index (κ2) is 6.34. The Kier molecular flexibility index (Phi) is 4.91. The van der Waals surface area contributed by atoms with E-state index in [2.05, 4.69) is 14.9 Å². The number of hydrogen-bond acceptors (Lipinski definition) is 4. The van der Waals surface area contributed by atoms with Crippen molar-refractivity contribution in [2.45, 2.75) is 19.4 Å². The van der Waals surface area contributed by atoms with Crippen molar-refractivity contribution in [1.82, 2.24) is 14.9 Å². The lowest BCUT2D eigenvalue weighted by Crippen LogP contribution is -2.25. The number of aromatic amines is 1. The summed E-state index contributed by atoms with van der Waals surface area (Å²) in [6, 6.07) is 5.63. The van der Waals surface area contributed by atoms with Crippen LogP contribution < -0.4 is 0 Å². The lowest BCUT2D eigenvalue weighted by Gasteiger charge is -2.22. The molecule has 0 saturated heterocycles.